The van der Waals surface area contributed by atoms with Crippen molar-refractivity contribution in [3.8, 4) is 5.75 Å². The standard InChI is InChI=1S/C7H8O4S.Ca.2H/c1-5-6(8)3-2-4-7(5)12(9,10)11;;;/h2-4,8H,1H3,(H,9,10,11);;;. The van der Waals surface area contributed by atoms with Gasteiger partial charge in [-0.15, -0.1) is 0 Å². The second-order valence-corrected chi connectivity index (χ2v) is 3.77. The van der Waals surface area contributed by atoms with Crippen LogP contribution in [0, 0.1) is 6.92 Å². The Balaban J connectivity index is 0.00000144. The molecule has 0 spiro atoms. The number of aromatic hydroxyl groups is 1. The average molecular weight is 230 g/mol. The second-order valence-electron chi connectivity index (χ2n) is 2.38. The SMILES string of the molecule is Cc1c(O)cccc1S(=O)(=O)O.[CaH2]. The molecule has 0 aliphatic carbocycles. The predicted octanol–water partition coefficient (Wildman–Crippen LogP) is 0.0311. The second kappa shape index (κ2) is 4.61. The summed E-state index contributed by atoms with van der Waals surface area (Å²) in [5, 5.41) is 9.09. The van der Waals surface area contributed by atoms with Gasteiger partial charge in [-0.2, -0.15) is 8.42 Å². The third kappa shape index (κ3) is 3.10. The number of rotatable bonds is 1. The summed E-state index contributed by atoms with van der Waals surface area (Å²) in [6, 6.07) is 3.93. The molecule has 0 unspecified atom stereocenters. The van der Waals surface area contributed by atoms with Gasteiger partial charge in [-0.05, 0) is 19.1 Å². The van der Waals surface area contributed by atoms with Crippen LogP contribution < -0.4 is 0 Å². The molecule has 0 aromatic heterocycles. The first kappa shape index (κ1) is 13.2. The predicted molar refractivity (Wildman–Crippen MR) is 51.2 cm³/mol. The first-order valence-electron chi connectivity index (χ1n) is 3.19. The minimum atomic E-state index is -4.22. The van der Waals surface area contributed by atoms with Gasteiger partial charge in [0.1, 0.15) is 10.6 Å². The fourth-order valence-corrected chi connectivity index (χ4v) is 1.62. The number of phenolic OH excluding ortho intramolecular Hbond substituents is 1. The van der Waals surface area contributed by atoms with E-state index in [-0.39, 0.29) is 53.9 Å². The van der Waals surface area contributed by atoms with Gasteiger partial charge in [0.2, 0.25) is 0 Å². The van der Waals surface area contributed by atoms with E-state index in [9.17, 15) is 8.42 Å². The summed E-state index contributed by atoms with van der Waals surface area (Å²) in [6.07, 6.45) is 0. The van der Waals surface area contributed by atoms with Gasteiger partial charge in [0.25, 0.3) is 10.1 Å². The van der Waals surface area contributed by atoms with Gasteiger partial charge in [-0.1, -0.05) is 6.07 Å². The molecule has 1 rings (SSSR count). The van der Waals surface area contributed by atoms with Crippen molar-refractivity contribution in [2.45, 2.75) is 11.8 Å². The van der Waals surface area contributed by atoms with Gasteiger partial charge in [-0.25, -0.2) is 0 Å². The van der Waals surface area contributed by atoms with Crippen LogP contribution in [0.15, 0.2) is 23.1 Å². The summed E-state index contributed by atoms with van der Waals surface area (Å²) in [7, 11) is -4.22. The van der Waals surface area contributed by atoms with Crippen LogP contribution in [-0.2, 0) is 10.1 Å². The Hall–Kier alpha value is 0.190. The Morgan fingerprint density at radius 1 is 1.31 bits per heavy atom. The maximum atomic E-state index is 10.7. The molecule has 0 aliphatic rings. The third-order valence-corrected chi connectivity index (χ3v) is 2.53. The first-order chi connectivity index (χ1) is 5.43. The Kier molecular flexibility index (Phi) is 4.68. The summed E-state index contributed by atoms with van der Waals surface area (Å²) < 4.78 is 30.0. The number of benzene rings is 1. The van der Waals surface area contributed by atoms with Crippen molar-refractivity contribution in [2.24, 2.45) is 0 Å². The fourth-order valence-electron chi connectivity index (χ4n) is 0.882. The zero-order valence-electron chi connectivity index (χ0n) is 6.35. The molecule has 13 heavy (non-hydrogen) atoms. The van der Waals surface area contributed by atoms with Gasteiger partial charge < -0.3 is 5.11 Å². The van der Waals surface area contributed by atoms with Gasteiger partial charge in [-0.3, -0.25) is 4.55 Å². The van der Waals surface area contributed by atoms with E-state index in [1.807, 2.05) is 0 Å². The van der Waals surface area contributed by atoms with Gasteiger partial charge in [0.05, 0.1) is 0 Å². The molecule has 1 aromatic carbocycles. The van der Waals surface area contributed by atoms with Crippen molar-refractivity contribution < 1.29 is 18.1 Å². The van der Waals surface area contributed by atoms with Crippen LogP contribution in [0.2, 0.25) is 0 Å². The summed E-state index contributed by atoms with van der Waals surface area (Å²) in [4.78, 5) is -0.262. The molecule has 2 N–H and O–H groups in total. The van der Waals surface area contributed by atoms with Crippen molar-refractivity contribution in [1.29, 1.82) is 0 Å². The molecule has 0 heterocycles. The van der Waals surface area contributed by atoms with E-state index in [2.05, 4.69) is 0 Å². The van der Waals surface area contributed by atoms with E-state index >= 15 is 0 Å². The third-order valence-electron chi connectivity index (χ3n) is 1.53. The topological polar surface area (TPSA) is 74.6 Å². The van der Waals surface area contributed by atoms with Crippen LogP contribution in [0.1, 0.15) is 5.56 Å². The number of phenols is 1. The van der Waals surface area contributed by atoms with Crippen molar-refractivity contribution in [3.63, 3.8) is 0 Å². The molecule has 0 aliphatic heterocycles. The van der Waals surface area contributed by atoms with Crippen molar-refractivity contribution in [2.75, 3.05) is 0 Å². The van der Waals surface area contributed by atoms with E-state index in [1.165, 1.54) is 25.1 Å². The van der Waals surface area contributed by atoms with Crippen molar-refractivity contribution >= 4 is 47.9 Å². The van der Waals surface area contributed by atoms with E-state index < -0.39 is 10.1 Å². The average Bonchev–Trinajstić information content (AvgIpc) is 1.92. The molecule has 6 heteroatoms. The van der Waals surface area contributed by atoms with Crippen molar-refractivity contribution in [1.82, 2.24) is 0 Å². The fraction of sp³-hybridized carbons (Fsp3) is 0.143. The van der Waals surface area contributed by atoms with E-state index in [0.29, 0.717) is 0 Å². The van der Waals surface area contributed by atoms with Gasteiger partial charge >= 0.3 is 37.7 Å². The van der Waals surface area contributed by atoms with Gasteiger partial charge in [0.15, 0.2) is 0 Å². The van der Waals surface area contributed by atoms with Crippen LogP contribution in [0.5, 0.6) is 5.75 Å². The molecule has 0 fully saturated rings. The Labute approximate surface area is 106 Å². The molecule has 4 nitrogen and oxygen atoms in total. The zero-order chi connectivity index (χ0) is 9.35. The molecular formula is C7H10CaO4S. The molecule has 0 amide bonds. The van der Waals surface area contributed by atoms with Crippen LogP contribution >= 0.6 is 0 Å². The number of hydrogen-bond acceptors (Lipinski definition) is 3. The first-order valence-corrected chi connectivity index (χ1v) is 4.63. The molecule has 70 valence electrons. The van der Waals surface area contributed by atoms with Crippen LogP contribution in [0.25, 0.3) is 0 Å². The normalized spacial score (nSPS) is 10.6. The van der Waals surface area contributed by atoms with Crippen LogP contribution in [0.3, 0.4) is 0 Å². The van der Waals surface area contributed by atoms with E-state index in [1.54, 1.807) is 0 Å². The quantitative estimate of drug-likeness (QED) is 0.527. The van der Waals surface area contributed by atoms with Crippen LogP contribution in [-0.4, -0.2) is 55.8 Å². The van der Waals surface area contributed by atoms with Gasteiger partial charge in [0, 0.05) is 5.56 Å². The van der Waals surface area contributed by atoms with E-state index in [0.717, 1.165) is 0 Å². The molecule has 1 aromatic rings. The zero-order valence-corrected chi connectivity index (χ0v) is 7.17. The Bertz CT molecular complexity index is 399. The molecule has 0 radical (unpaired) electrons. The van der Waals surface area contributed by atoms with Crippen LogP contribution in [0.4, 0.5) is 0 Å². The molecule has 0 saturated carbocycles. The Morgan fingerprint density at radius 3 is 2.23 bits per heavy atom. The maximum absolute atomic E-state index is 10.7. The molecule has 0 atom stereocenters. The Morgan fingerprint density at radius 2 is 1.85 bits per heavy atom. The molecular weight excluding hydrogens is 220 g/mol. The van der Waals surface area contributed by atoms with Crippen molar-refractivity contribution in [3.05, 3.63) is 23.8 Å². The summed E-state index contributed by atoms with van der Waals surface area (Å²) in [5.74, 6) is -0.148. The summed E-state index contributed by atoms with van der Waals surface area (Å²) >= 11 is 0. The number of hydrogen-bond donors (Lipinski definition) is 2. The summed E-state index contributed by atoms with van der Waals surface area (Å²) in [6.45, 7) is 1.42. The molecule has 0 bridgehead atoms. The summed E-state index contributed by atoms with van der Waals surface area (Å²) in [5.41, 5.74) is 0.153. The monoisotopic (exact) mass is 230 g/mol. The molecule has 0 saturated heterocycles. The van der Waals surface area contributed by atoms with E-state index in [4.69, 9.17) is 9.66 Å². The minimum absolute atomic E-state index is 0.